The highest BCUT2D eigenvalue weighted by Gasteiger charge is 2.22. The van der Waals surface area contributed by atoms with Gasteiger partial charge in [-0.05, 0) is 42.7 Å². The summed E-state index contributed by atoms with van der Waals surface area (Å²) in [5, 5.41) is 4.20. The van der Waals surface area contributed by atoms with Crippen molar-refractivity contribution in [2.45, 2.75) is 20.3 Å². The van der Waals surface area contributed by atoms with E-state index in [9.17, 15) is 9.59 Å². The maximum atomic E-state index is 12.2. The van der Waals surface area contributed by atoms with Crippen molar-refractivity contribution < 1.29 is 14.3 Å². The van der Waals surface area contributed by atoms with E-state index in [0.717, 1.165) is 10.4 Å². The van der Waals surface area contributed by atoms with Gasteiger partial charge in [0.2, 0.25) is 5.91 Å². The zero-order valence-corrected chi connectivity index (χ0v) is 16.3. The summed E-state index contributed by atoms with van der Waals surface area (Å²) in [5.74, 6) is -0.818. The Labute approximate surface area is 160 Å². The second kappa shape index (κ2) is 8.52. The molecule has 1 heterocycles. The molecule has 0 radical (unpaired) electrons. The fraction of sp³-hybridized carbons (Fsp3) is 0.222. The summed E-state index contributed by atoms with van der Waals surface area (Å²) in [6.07, 6.45) is 3.63. The molecule has 0 saturated carbocycles. The van der Waals surface area contributed by atoms with E-state index in [0.29, 0.717) is 32.6 Å². The number of hydrogen-bond donors (Lipinski definition) is 1. The van der Waals surface area contributed by atoms with Crippen LogP contribution in [0.2, 0.25) is 10.0 Å². The van der Waals surface area contributed by atoms with Crippen LogP contribution in [-0.2, 0) is 16.0 Å². The van der Waals surface area contributed by atoms with E-state index in [2.05, 4.69) is 5.32 Å². The Morgan fingerprint density at radius 3 is 2.64 bits per heavy atom. The number of esters is 1. The molecule has 4 nitrogen and oxygen atoms in total. The SMILES string of the molecule is CCc1c(C)sc(NC(=O)/C=C/c2ccc(Cl)cc2Cl)c1C(=O)OC. The summed E-state index contributed by atoms with van der Waals surface area (Å²) in [7, 11) is 1.32. The summed E-state index contributed by atoms with van der Waals surface area (Å²) in [5.41, 5.74) is 1.97. The predicted molar refractivity (Wildman–Crippen MR) is 104 cm³/mol. The van der Waals surface area contributed by atoms with E-state index < -0.39 is 5.97 Å². The van der Waals surface area contributed by atoms with Gasteiger partial charge in [0.05, 0.1) is 12.7 Å². The van der Waals surface area contributed by atoms with Crippen molar-refractivity contribution in [3.8, 4) is 0 Å². The van der Waals surface area contributed by atoms with Crippen molar-refractivity contribution in [1.29, 1.82) is 0 Å². The van der Waals surface area contributed by atoms with Crippen molar-refractivity contribution in [2.75, 3.05) is 12.4 Å². The zero-order valence-electron chi connectivity index (χ0n) is 14.0. The summed E-state index contributed by atoms with van der Waals surface area (Å²) in [6, 6.07) is 5.02. The van der Waals surface area contributed by atoms with Crippen LogP contribution in [0.25, 0.3) is 6.08 Å². The standard InChI is InChI=1S/C18H17Cl2NO3S/c1-4-13-10(2)25-17(16(13)18(23)24-3)21-15(22)8-6-11-5-7-12(19)9-14(11)20/h5-9H,4H2,1-3H3,(H,21,22)/b8-6+. The van der Waals surface area contributed by atoms with Gasteiger partial charge >= 0.3 is 5.97 Å². The molecule has 7 heteroatoms. The molecule has 0 spiro atoms. The highest BCUT2D eigenvalue weighted by molar-refractivity contribution is 7.16. The quantitative estimate of drug-likeness (QED) is 0.545. The van der Waals surface area contributed by atoms with Crippen LogP contribution < -0.4 is 5.32 Å². The number of amides is 1. The van der Waals surface area contributed by atoms with Gasteiger partial charge < -0.3 is 10.1 Å². The lowest BCUT2D eigenvalue weighted by atomic mass is 10.1. The topological polar surface area (TPSA) is 55.4 Å². The molecular weight excluding hydrogens is 381 g/mol. The minimum absolute atomic E-state index is 0.361. The molecule has 0 atom stereocenters. The van der Waals surface area contributed by atoms with E-state index in [4.69, 9.17) is 27.9 Å². The Bertz CT molecular complexity index is 843. The molecule has 0 bridgehead atoms. The summed E-state index contributed by atoms with van der Waals surface area (Å²) < 4.78 is 4.84. The van der Waals surface area contributed by atoms with Crippen LogP contribution in [-0.4, -0.2) is 19.0 Å². The monoisotopic (exact) mass is 397 g/mol. The Kier molecular flexibility index (Phi) is 6.64. The largest absolute Gasteiger partial charge is 0.465 e. The van der Waals surface area contributed by atoms with E-state index >= 15 is 0 Å². The van der Waals surface area contributed by atoms with Gasteiger partial charge in [-0.3, -0.25) is 4.79 Å². The number of aryl methyl sites for hydroxylation is 1. The first-order valence-corrected chi connectivity index (χ1v) is 9.09. The third-order valence-corrected chi connectivity index (χ3v) is 5.19. The fourth-order valence-corrected chi connectivity index (χ4v) is 3.97. The van der Waals surface area contributed by atoms with Crippen LogP contribution in [0.15, 0.2) is 24.3 Å². The van der Waals surface area contributed by atoms with E-state index in [1.165, 1.54) is 24.5 Å². The lowest BCUT2D eigenvalue weighted by Crippen LogP contribution is -2.12. The average Bonchev–Trinajstić information content (AvgIpc) is 2.88. The second-order valence-corrected chi connectivity index (χ2v) is 7.24. The summed E-state index contributed by atoms with van der Waals surface area (Å²) in [4.78, 5) is 25.2. The second-order valence-electron chi connectivity index (χ2n) is 5.17. The third-order valence-electron chi connectivity index (χ3n) is 3.57. The van der Waals surface area contributed by atoms with E-state index in [1.54, 1.807) is 24.3 Å². The molecule has 1 N–H and O–H groups in total. The van der Waals surface area contributed by atoms with Gasteiger partial charge in [0.1, 0.15) is 5.00 Å². The smallest absolute Gasteiger partial charge is 0.341 e. The number of carbonyl (C=O) groups is 2. The van der Waals surface area contributed by atoms with Crippen molar-refractivity contribution in [3.63, 3.8) is 0 Å². The predicted octanol–water partition coefficient (Wildman–Crippen LogP) is 5.36. The van der Waals surface area contributed by atoms with Crippen molar-refractivity contribution in [2.24, 2.45) is 0 Å². The number of thiophene rings is 1. The number of nitrogens with one attached hydrogen (secondary N) is 1. The Morgan fingerprint density at radius 2 is 2.04 bits per heavy atom. The molecule has 0 aliphatic heterocycles. The van der Waals surface area contributed by atoms with Crippen molar-refractivity contribution in [1.82, 2.24) is 0 Å². The van der Waals surface area contributed by atoms with Gasteiger partial charge in [0.25, 0.3) is 0 Å². The number of ether oxygens (including phenoxy) is 1. The molecular formula is C18H17Cl2NO3S. The summed E-state index contributed by atoms with van der Waals surface area (Å²) >= 11 is 13.3. The normalized spacial score (nSPS) is 10.9. The minimum Gasteiger partial charge on any atom is -0.465 e. The number of rotatable bonds is 5. The maximum absolute atomic E-state index is 12.2. The Hall–Kier alpha value is -1.82. The number of benzene rings is 1. The van der Waals surface area contributed by atoms with E-state index in [1.807, 2.05) is 13.8 Å². The first kappa shape index (κ1) is 19.5. The van der Waals surface area contributed by atoms with Crippen LogP contribution in [0.5, 0.6) is 0 Å². The molecule has 1 aromatic heterocycles. The van der Waals surface area contributed by atoms with Crippen LogP contribution in [0, 0.1) is 6.92 Å². The lowest BCUT2D eigenvalue weighted by molar-refractivity contribution is -0.111. The molecule has 0 aliphatic rings. The molecule has 0 unspecified atom stereocenters. The first-order valence-electron chi connectivity index (χ1n) is 7.52. The van der Waals surface area contributed by atoms with Crippen LogP contribution in [0.4, 0.5) is 5.00 Å². The minimum atomic E-state index is -0.457. The van der Waals surface area contributed by atoms with Gasteiger partial charge in [-0.2, -0.15) is 0 Å². The Balaban J connectivity index is 2.23. The molecule has 25 heavy (non-hydrogen) atoms. The number of carbonyl (C=O) groups excluding carboxylic acids is 2. The third kappa shape index (κ3) is 4.63. The molecule has 132 valence electrons. The average molecular weight is 398 g/mol. The van der Waals surface area contributed by atoms with Gasteiger partial charge in [0.15, 0.2) is 0 Å². The van der Waals surface area contributed by atoms with Crippen LogP contribution in [0.1, 0.15) is 33.3 Å². The molecule has 0 saturated heterocycles. The first-order chi connectivity index (χ1) is 11.9. The molecule has 0 fully saturated rings. The van der Waals surface area contributed by atoms with Gasteiger partial charge in [-0.25, -0.2) is 4.79 Å². The number of hydrogen-bond acceptors (Lipinski definition) is 4. The number of anilines is 1. The van der Waals surface area contributed by atoms with Gasteiger partial charge in [-0.1, -0.05) is 36.2 Å². The van der Waals surface area contributed by atoms with Crippen LogP contribution >= 0.6 is 34.5 Å². The van der Waals surface area contributed by atoms with Crippen molar-refractivity contribution in [3.05, 3.63) is 55.9 Å². The molecule has 0 aliphatic carbocycles. The lowest BCUT2D eigenvalue weighted by Gasteiger charge is -2.05. The van der Waals surface area contributed by atoms with Gasteiger partial charge in [-0.15, -0.1) is 11.3 Å². The molecule has 2 aromatic rings. The van der Waals surface area contributed by atoms with Crippen molar-refractivity contribution >= 4 is 57.5 Å². The Morgan fingerprint density at radius 1 is 1.32 bits per heavy atom. The molecule has 2 rings (SSSR count). The van der Waals surface area contributed by atoms with E-state index in [-0.39, 0.29) is 5.91 Å². The van der Waals surface area contributed by atoms with Crippen LogP contribution in [0.3, 0.4) is 0 Å². The molecule has 1 aromatic carbocycles. The number of halogens is 2. The number of methoxy groups -OCH3 is 1. The molecule has 1 amide bonds. The fourth-order valence-electron chi connectivity index (χ4n) is 2.37. The zero-order chi connectivity index (χ0) is 18.6. The highest BCUT2D eigenvalue weighted by Crippen LogP contribution is 2.34. The summed E-state index contributed by atoms with van der Waals surface area (Å²) in [6.45, 7) is 3.87. The van der Waals surface area contributed by atoms with Gasteiger partial charge in [0, 0.05) is 21.0 Å². The maximum Gasteiger partial charge on any atom is 0.341 e. The highest BCUT2D eigenvalue weighted by atomic mass is 35.5.